The highest BCUT2D eigenvalue weighted by Crippen LogP contribution is 2.26. The predicted molar refractivity (Wildman–Crippen MR) is 84.0 cm³/mol. The number of benzene rings is 1. The molecule has 1 aliphatic heterocycles. The van der Waals surface area contributed by atoms with Gasteiger partial charge in [-0.05, 0) is 18.7 Å². The van der Waals surface area contributed by atoms with Crippen LogP contribution in [0.5, 0.6) is 0 Å². The summed E-state index contributed by atoms with van der Waals surface area (Å²) < 4.78 is 0. The van der Waals surface area contributed by atoms with Gasteiger partial charge in [0.05, 0.1) is 10.0 Å². The molecule has 0 saturated carbocycles. The first kappa shape index (κ1) is 15.8. The molecule has 0 aromatic heterocycles. The van der Waals surface area contributed by atoms with E-state index in [1.54, 1.807) is 18.2 Å². The Labute approximate surface area is 130 Å². The predicted octanol–water partition coefficient (Wildman–Crippen LogP) is 3.20. The van der Waals surface area contributed by atoms with Crippen molar-refractivity contribution in [1.29, 1.82) is 0 Å². The van der Waals surface area contributed by atoms with Crippen molar-refractivity contribution in [2.45, 2.75) is 13.3 Å². The molecule has 0 spiro atoms. The van der Waals surface area contributed by atoms with Crippen LogP contribution in [0.4, 0.5) is 0 Å². The van der Waals surface area contributed by atoms with Gasteiger partial charge in [0.25, 0.3) is 0 Å². The summed E-state index contributed by atoms with van der Waals surface area (Å²) in [7, 11) is 0. The molecule has 0 unspecified atom stereocenters. The Morgan fingerprint density at radius 3 is 2.45 bits per heavy atom. The fourth-order valence-corrected chi connectivity index (χ4v) is 2.85. The van der Waals surface area contributed by atoms with E-state index in [0.717, 1.165) is 39.3 Å². The highest BCUT2D eigenvalue weighted by molar-refractivity contribution is 6.43. The number of halogens is 2. The minimum absolute atomic E-state index is 0.0652. The van der Waals surface area contributed by atoms with Crippen molar-refractivity contribution in [3.8, 4) is 0 Å². The Balaban J connectivity index is 1.85. The van der Waals surface area contributed by atoms with Crippen molar-refractivity contribution in [1.82, 2.24) is 9.80 Å². The lowest BCUT2D eigenvalue weighted by Crippen LogP contribution is -2.46. The lowest BCUT2D eigenvalue weighted by Gasteiger charge is -2.33. The average molecular weight is 315 g/mol. The van der Waals surface area contributed by atoms with Crippen LogP contribution in [0.2, 0.25) is 10.0 Å². The second-order valence-electron chi connectivity index (χ2n) is 5.05. The third kappa shape index (κ3) is 3.95. The minimum atomic E-state index is 0.0652. The molecule has 3 nitrogen and oxygen atoms in total. The first-order valence-corrected chi connectivity index (χ1v) is 7.79. The number of ketones is 1. The fraction of sp³-hybridized carbons (Fsp3) is 0.533. The maximum Gasteiger partial charge on any atom is 0.165 e. The number of carbonyl (C=O) groups excluding carboxylic acids is 1. The van der Waals surface area contributed by atoms with Crippen molar-refractivity contribution in [2.75, 3.05) is 39.3 Å². The molecule has 1 aromatic carbocycles. The molecule has 2 rings (SSSR count). The van der Waals surface area contributed by atoms with Crippen LogP contribution in [0, 0.1) is 0 Å². The number of likely N-dealkylation sites (N-methyl/N-ethyl adjacent to an activating group) is 1. The van der Waals surface area contributed by atoms with Crippen molar-refractivity contribution in [2.24, 2.45) is 0 Å². The first-order chi connectivity index (χ1) is 9.61. The van der Waals surface area contributed by atoms with E-state index in [-0.39, 0.29) is 5.78 Å². The number of hydrogen-bond acceptors (Lipinski definition) is 3. The van der Waals surface area contributed by atoms with E-state index in [9.17, 15) is 4.79 Å². The van der Waals surface area contributed by atoms with Gasteiger partial charge in [0, 0.05) is 44.7 Å². The third-order valence-electron chi connectivity index (χ3n) is 3.82. The van der Waals surface area contributed by atoms with E-state index < -0.39 is 0 Å². The summed E-state index contributed by atoms with van der Waals surface area (Å²) in [5, 5.41) is 0.809. The number of rotatable bonds is 5. The standard InChI is InChI=1S/C15H20Cl2N2O/c1-2-18-8-10-19(11-9-18)7-6-14(20)12-4-3-5-13(16)15(12)17/h3-5H,2,6-11H2,1H3. The largest absolute Gasteiger partial charge is 0.301 e. The second kappa shape index (κ2) is 7.41. The molecule has 1 heterocycles. The maximum absolute atomic E-state index is 12.2. The lowest BCUT2D eigenvalue weighted by molar-refractivity contribution is 0.0932. The molecule has 0 amide bonds. The van der Waals surface area contributed by atoms with E-state index >= 15 is 0 Å². The summed E-state index contributed by atoms with van der Waals surface area (Å²) in [5.41, 5.74) is 0.534. The molecule has 20 heavy (non-hydrogen) atoms. The Kier molecular flexibility index (Phi) is 5.85. The van der Waals surface area contributed by atoms with Crippen molar-refractivity contribution >= 4 is 29.0 Å². The Morgan fingerprint density at radius 1 is 1.15 bits per heavy atom. The van der Waals surface area contributed by atoms with E-state index in [0.29, 0.717) is 22.0 Å². The van der Waals surface area contributed by atoms with Crippen LogP contribution in [0.15, 0.2) is 18.2 Å². The molecule has 110 valence electrons. The Hall–Kier alpha value is -0.610. The van der Waals surface area contributed by atoms with Crippen molar-refractivity contribution in [3.05, 3.63) is 33.8 Å². The van der Waals surface area contributed by atoms with Crippen LogP contribution in [0.1, 0.15) is 23.7 Å². The highest BCUT2D eigenvalue weighted by Gasteiger charge is 2.18. The molecule has 1 fully saturated rings. The molecule has 0 atom stereocenters. The minimum Gasteiger partial charge on any atom is -0.301 e. The number of carbonyl (C=O) groups is 1. The summed E-state index contributed by atoms with van der Waals surface area (Å²) in [4.78, 5) is 17.0. The quantitative estimate of drug-likeness (QED) is 0.780. The van der Waals surface area contributed by atoms with Crippen LogP contribution in [-0.2, 0) is 0 Å². The van der Waals surface area contributed by atoms with Gasteiger partial charge in [-0.1, -0.05) is 36.2 Å². The van der Waals surface area contributed by atoms with Gasteiger partial charge in [0.1, 0.15) is 0 Å². The molecular formula is C15H20Cl2N2O. The van der Waals surface area contributed by atoms with Crippen LogP contribution < -0.4 is 0 Å². The van der Waals surface area contributed by atoms with E-state index in [4.69, 9.17) is 23.2 Å². The monoisotopic (exact) mass is 314 g/mol. The molecule has 0 radical (unpaired) electrons. The van der Waals surface area contributed by atoms with Gasteiger partial charge in [-0.2, -0.15) is 0 Å². The number of piperazine rings is 1. The molecule has 1 aromatic rings. The molecule has 1 aliphatic rings. The van der Waals surface area contributed by atoms with Gasteiger partial charge in [-0.25, -0.2) is 0 Å². The van der Waals surface area contributed by atoms with Gasteiger partial charge >= 0.3 is 0 Å². The summed E-state index contributed by atoms with van der Waals surface area (Å²) in [6.45, 7) is 8.31. The van der Waals surface area contributed by atoms with E-state index in [1.807, 2.05) is 0 Å². The zero-order chi connectivity index (χ0) is 14.5. The number of Topliss-reactive ketones (excluding diaryl/α,β-unsaturated/α-hetero) is 1. The summed E-state index contributed by atoms with van der Waals surface area (Å²) in [5.74, 6) is 0.0652. The zero-order valence-corrected chi connectivity index (χ0v) is 13.3. The Morgan fingerprint density at radius 2 is 1.80 bits per heavy atom. The number of nitrogens with zero attached hydrogens (tertiary/aromatic N) is 2. The zero-order valence-electron chi connectivity index (χ0n) is 11.7. The molecule has 1 saturated heterocycles. The van der Waals surface area contributed by atoms with Crippen LogP contribution >= 0.6 is 23.2 Å². The fourth-order valence-electron chi connectivity index (χ4n) is 2.44. The lowest BCUT2D eigenvalue weighted by atomic mass is 10.1. The molecule has 0 N–H and O–H groups in total. The molecule has 0 aliphatic carbocycles. The molecule has 0 bridgehead atoms. The van der Waals surface area contributed by atoms with Gasteiger partial charge in [0.2, 0.25) is 0 Å². The summed E-state index contributed by atoms with van der Waals surface area (Å²) in [6.07, 6.45) is 0.492. The highest BCUT2D eigenvalue weighted by atomic mass is 35.5. The van der Waals surface area contributed by atoms with Crippen LogP contribution in [0.3, 0.4) is 0 Å². The smallest absolute Gasteiger partial charge is 0.165 e. The Bertz CT molecular complexity index is 471. The maximum atomic E-state index is 12.2. The van der Waals surface area contributed by atoms with Gasteiger partial charge in [-0.3, -0.25) is 4.79 Å². The van der Waals surface area contributed by atoms with E-state index in [2.05, 4.69) is 16.7 Å². The molecular weight excluding hydrogens is 295 g/mol. The number of hydrogen-bond donors (Lipinski definition) is 0. The normalized spacial score (nSPS) is 17.4. The average Bonchev–Trinajstić information content (AvgIpc) is 2.48. The second-order valence-corrected chi connectivity index (χ2v) is 5.84. The van der Waals surface area contributed by atoms with Crippen LogP contribution in [0.25, 0.3) is 0 Å². The van der Waals surface area contributed by atoms with Gasteiger partial charge in [-0.15, -0.1) is 0 Å². The van der Waals surface area contributed by atoms with Crippen LogP contribution in [-0.4, -0.2) is 54.9 Å². The topological polar surface area (TPSA) is 23.6 Å². The van der Waals surface area contributed by atoms with E-state index in [1.165, 1.54) is 0 Å². The van der Waals surface area contributed by atoms with Gasteiger partial charge in [0.15, 0.2) is 5.78 Å². The summed E-state index contributed by atoms with van der Waals surface area (Å²) >= 11 is 12.0. The van der Waals surface area contributed by atoms with Crippen molar-refractivity contribution < 1.29 is 4.79 Å². The van der Waals surface area contributed by atoms with Crippen molar-refractivity contribution in [3.63, 3.8) is 0 Å². The summed E-state index contributed by atoms with van der Waals surface area (Å²) in [6, 6.07) is 5.21. The first-order valence-electron chi connectivity index (χ1n) is 7.03. The SMILES string of the molecule is CCN1CCN(CCC(=O)c2cccc(Cl)c2Cl)CC1. The molecule has 5 heteroatoms. The van der Waals surface area contributed by atoms with Gasteiger partial charge < -0.3 is 9.80 Å². The third-order valence-corrected chi connectivity index (χ3v) is 4.64.